The standard InChI is InChI=1S/C32H29NO2S/c1-20-19-36-27-18-17-21-11-5-6-12-22(21)30(27)28(20)29-23-13-7-9-15-25(23)33(31(34)35-32(2,3)4)26-16-10-8-14-24(26)29/h5-18,20H,19H2,1-4H3. The summed E-state index contributed by atoms with van der Waals surface area (Å²) in [6.07, 6.45) is -0.357. The fourth-order valence-electron chi connectivity index (χ4n) is 5.39. The van der Waals surface area contributed by atoms with Crippen LogP contribution in [-0.4, -0.2) is 17.4 Å². The van der Waals surface area contributed by atoms with Gasteiger partial charge in [-0.2, -0.15) is 0 Å². The summed E-state index contributed by atoms with van der Waals surface area (Å²) in [5.41, 5.74) is 7.15. The molecule has 0 saturated heterocycles. The number of allylic oxidation sites excluding steroid dienone is 1. The second kappa shape index (κ2) is 8.56. The number of ether oxygens (including phenoxy) is 1. The van der Waals surface area contributed by atoms with Crippen molar-refractivity contribution in [2.24, 2.45) is 5.92 Å². The molecular formula is C32H29NO2S. The molecule has 2 heterocycles. The van der Waals surface area contributed by atoms with Crippen LogP contribution in [-0.2, 0) is 4.74 Å². The molecule has 1 unspecified atom stereocenters. The monoisotopic (exact) mass is 491 g/mol. The lowest BCUT2D eigenvalue weighted by Crippen LogP contribution is -2.36. The van der Waals surface area contributed by atoms with Crippen molar-refractivity contribution in [3.63, 3.8) is 0 Å². The summed E-state index contributed by atoms with van der Waals surface area (Å²) in [6, 6.07) is 29.6. The number of rotatable bonds is 0. The van der Waals surface area contributed by atoms with Gasteiger partial charge in [0, 0.05) is 21.8 Å². The first kappa shape index (κ1) is 22.9. The van der Waals surface area contributed by atoms with Crippen molar-refractivity contribution >= 4 is 51.1 Å². The number of para-hydroxylation sites is 2. The minimum absolute atomic E-state index is 0.345. The van der Waals surface area contributed by atoms with E-state index >= 15 is 0 Å². The molecule has 1 atom stereocenters. The Bertz CT molecular complexity index is 1500. The van der Waals surface area contributed by atoms with E-state index in [2.05, 4.69) is 67.6 Å². The van der Waals surface area contributed by atoms with E-state index in [4.69, 9.17) is 4.74 Å². The minimum Gasteiger partial charge on any atom is -0.443 e. The summed E-state index contributed by atoms with van der Waals surface area (Å²) >= 11 is 1.94. The molecule has 0 N–H and O–H groups in total. The quantitative estimate of drug-likeness (QED) is 0.246. The maximum Gasteiger partial charge on any atom is 0.419 e. The van der Waals surface area contributed by atoms with Gasteiger partial charge < -0.3 is 4.74 Å². The number of amides is 1. The SMILES string of the molecule is CC1CSc2ccc3ccccc3c2C1=C1c2ccccc2N(C(=O)OC(C)(C)C)c2ccccc21. The summed E-state index contributed by atoms with van der Waals surface area (Å²) < 4.78 is 5.87. The molecule has 0 saturated carbocycles. The summed E-state index contributed by atoms with van der Waals surface area (Å²) in [5.74, 6) is 1.36. The lowest BCUT2D eigenvalue weighted by atomic mass is 9.79. The lowest BCUT2D eigenvalue weighted by Gasteiger charge is -2.37. The van der Waals surface area contributed by atoms with Crippen LogP contribution >= 0.6 is 11.8 Å². The van der Waals surface area contributed by atoms with E-state index in [1.165, 1.54) is 32.4 Å². The zero-order valence-electron chi connectivity index (χ0n) is 21.0. The van der Waals surface area contributed by atoms with Gasteiger partial charge in [-0.05, 0) is 72.4 Å². The zero-order valence-corrected chi connectivity index (χ0v) is 21.9. The highest BCUT2D eigenvalue weighted by Gasteiger charge is 2.36. The van der Waals surface area contributed by atoms with Crippen molar-refractivity contribution in [2.75, 3.05) is 10.7 Å². The second-order valence-electron chi connectivity index (χ2n) is 10.5. The maximum absolute atomic E-state index is 13.5. The largest absolute Gasteiger partial charge is 0.443 e. The average Bonchev–Trinajstić information content (AvgIpc) is 2.86. The molecule has 1 amide bonds. The number of benzene rings is 4. The smallest absolute Gasteiger partial charge is 0.419 e. The Morgan fingerprint density at radius 2 is 1.47 bits per heavy atom. The summed E-state index contributed by atoms with van der Waals surface area (Å²) in [7, 11) is 0. The van der Waals surface area contributed by atoms with Crippen LogP contribution < -0.4 is 4.90 Å². The molecule has 2 aliphatic rings. The van der Waals surface area contributed by atoms with Crippen LogP contribution in [0, 0.1) is 5.92 Å². The van der Waals surface area contributed by atoms with Gasteiger partial charge in [0.1, 0.15) is 5.60 Å². The van der Waals surface area contributed by atoms with E-state index in [0.717, 1.165) is 28.3 Å². The van der Waals surface area contributed by atoms with Crippen LogP contribution in [0.2, 0.25) is 0 Å². The third-order valence-electron chi connectivity index (χ3n) is 6.82. The van der Waals surface area contributed by atoms with Gasteiger partial charge in [-0.1, -0.05) is 73.7 Å². The van der Waals surface area contributed by atoms with Gasteiger partial charge in [0.25, 0.3) is 0 Å². The van der Waals surface area contributed by atoms with Gasteiger partial charge in [0.15, 0.2) is 0 Å². The van der Waals surface area contributed by atoms with Crippen molar-refractivity contribution in [3.05, 3.63) is 102 Å². The molecule has 0 aliphatic carbocycles. The van der Waals surface area contributed by atoms with Crippen molar-refractivity contribution in [2.45, 2.75) is 38.2 Å². The molecule has 36 heavy (non-hydrogen) atoms. The topological polar surface area (TPSA) is 29.5 Å². The maximum atomic E-state index is 13.5. The number of carbonyl (C=O) groups is 1. The van der Waals surface area contributed by atoms with Crippen LogP contribution in [0.3, 0.4) is 0 Å². The van der Waals surface area contributed by atoms with E-state index < -0.39 is 5.60 Å². The molecule has 4 heteroatoms. The molecule has 0 bridgehead atoms. The van der Waals surface area contributed by atoms with Gasteiger partial charge in [0.2, 0.25) is 0 Å². The Kier molecular flexibility index (Phi) is 5.45. The Balaban J connectivity index is 1.69. The summed E-state index contributed by atoms with van der Waals surface area (Å²) in [5, 5.41) is 2.53. The second-order valence-corrected chi connectivity index (χ2v) is 11.6. The van der Waals surface area contributed by atoms with Gasteiger partial charge in [-0.25, -0.2) is 9.69 Å². The highest BCUT2D eigenvalue weighted by molar-refractivity contribution is 7.99. The summed E-state index contributed by atoms with van der Waals surface area (Å²) in [6.45, 7) is 8.04. The van der Waals surface area contributed by atoms with E-state index in [9.17, 15) is 4.79 Å². The van der Waals surface area contributed by atoms with Gasteiger partial charge >= 0.3 is 6.09 Å². The molecule has 4 aromatic rings. The van der Waals surface area contributed by atoms with Crippen LogP contribution in [0.1, 0.15) is 44.4 Å². The van der Waals surface area contributed by atoms with Crippen molar-refractivity contribution in [1.82, 2.24) is 0 Å². The highest BCUT2D eigenvalue weighted by Crippen LogP contribution is 2.53. The normalized spacial score (nSPS) is 16.9. The number of anilines is 2. The number of hydrogen-bond acceptors (Lipinski definition) is 3. The number of fused-ring (bicyclic) bond motifs is 5. The van der Waals surface area contributed by atoms with Crippen molar-refractivity contribution < 1.29 is 9.53 Å². The Morgan fingerprint density at radius 1 is 0.861 bits per heavy atom. The number of thioether (sulfide) groups is 1. The first-order valence-electron chi connectivity index (χ1n) is 12.4. The molecule has 180 valence electrons. The van der Waals surface area contributed by atoms with Gasteiger partial charge in [0.05, 0.1) is 11.4 Å². The van der Waals surface area contributed by atoms with Crippen molar-refractivity contribution in [1.29, 1.82) is 0 Å². The molecule has 4 aromatic carbocycles. The predicted molar refractivity (Wildman–Crippen MR) is 151 cm³/mol. The average molecular weight is 492 g/mol. The molecule has 0 aromatic heterocycles. The molecule has 0 radical (unpaired) electrons. The van der Waals surface area contributed by atoms with Crippen LogP contribution in [0.4, 0.5) is 16.2 Å². The predicted octanol–water partition coefficient (Wildman–Crippen LogP) is 8.93. The number of nitrogens with zero attached hydrogens (tertiary/aromatic N) is 1. The number of hydrogen-bond donors (Lipinski definition) is 0. The highest BCUT2D eigenvalue weighted by atomic mass is 32.2. The zero-order chi connectivity index (χ0) is 25.0. The van der Waals surface area contributed by atoms with E-state index in [1.54, 1.807) is 4.90 Å². The first-order chi connectivity index (χ1) is 17.3. The van der Waals surface area contributed by atoms with Crippen LogP contribution in [0.15, 0.2) is 89.8 Å². The summed E-state index contributed by atoms with van der Waals surface area (Å²) in [4.78, 5) is 16.6. The molecule has 6 rings (SSSR count). The molecule has 0 spiro atoms. The first-order valence-corrected chi connectivity index (χ1v) is 13.4. The molecular weight excluding hydrogens is 462 g/mol. The minimum atomic E-state index is -0.591. The van der Waals surface area contributed by atoms with E-state index in [0.29, 0.717) is 5.92 Å². The molecule has 2 aliphatic heterocycles. The Hall–Kier alpha value is -3.50. The van der Waals surface area contributed by atoms with Crippen LogP contribution in [0.5, 0.6) is 0 Å². The fourth-order valence-corrected chi connectivity index (χ4v) is 6.52. The van der Waals surface area contributed by atoms with Gasteiger partial charge in [-0.3, -0.25) is 0 Å². The number of carbonyl (C=O) groups excluding carboxylic acids is 1. The molecule has 0 fully saturated rings. The third kappa shape index (κ3) is 3.72. The van der Waals surface area contributed by atoms with E-state index in [1.807, 2.05) is 56.8 Å². The van der Waals surface area contributed by atoms with E-state index in [-0.39, 0.29) is 6.09 Å². The Morgan fingerprint density at radius 3 is 2.14 bits per heavy atom. The fraction of sp³-hybridized carbons (Fsp3) is 0.219. The Labute approximate surface area is 216 Å². The lowest BCUT2D eigenvalue weighted by molar-refractivity contribution is 0.0598. The third-order valence-corrected chi connectivity index (χ3v) is 8.13. The van der Waals surface area contributed by atoms with Gasteiger partial charge in [-0.15, -0.1) is 11.8 Å². The molecule has 3 nitrogen and oxygen atoms in total. The van der Waals surface area contributed by atoms with Crippen molar-refractivity contribution in [3.8, 4) is 0 Å². The van der Waals surface area contributed by atoms with Crippen LogP contribution in [0.25, 0.3) is 21.9 Å².